The normalized spacial score (nSPS) is 11.7. The number of halogens is 2. The number of benzene rings is 3. The summed E-state index contributed by atoms with van der Waals surface area (Å²) in [5.74, 6) is 2.28. The molecule has 9 nitrogen and oxygen atoms in total. The monoisotopic (exact) mass is 574 g/mol. The van der Waals surface area contributed by atoms with Gasteiger partial charge in [-0.2, -0.15) is 0 Å². The first-order chi connectivity index (χ1) is 18.3. The van der Waals surface area contributed by atoms with Crippen LogP contribution in [0.3, 0.4) is 0 Å². The van der Waals surface area contributed by atoms with Crippen LogP contribution in [0.4, 0.5) is 0 Å². The quantitative estimate of drug-likeness (QED) is 0.112. The Morgan fingerprint density at radius 3 is 2.42 bits per heavy atom. The number of aryl methyl sites for hydroxylation is 1. The standard InChI is InChI=1S/C26H24Cl2N4O5S/c1-16-29-30-26(32(16)20-7-9-21(35-2)10-8-20)38-25(14-31(33)34)17-5-11-23(24(12-17)36-3)37-15-18-4-6-19(27)13-22(18)28/h4-13,25H,14-15H2,1-3H3/t25-/m0/s1. The topological polar surface area (TPSA) is 102 Å². The van der Waals surface area contributed by atoms with Gasteiger partial charge < -0.3 is 14.2 Å². The van der Waals surface area contributed by atoms with Crippen LogP contribution in [-0.4, -0.2) is 40.5 Å². The van der Waals surface area contributed by atoms with Crippen molar-refractivity contribution in [3.63, 3.8) is 0 Å². The smallest absolute Gasteiger partial charge is 0.220 e. The lowest BCUT2D eigenvalue weighted by Crippen LogP contribution is -2.11. The highest BCUT2D eigenvalue weighted by Gasteiger charge is 2.25. The molecule has 38 heavy (non-hydrogen) atoms. The first kappa shape index (κ1) is 27.6. The van der Waals surface area contributed by atoms with Gasteiger partial charge >= 0.3 is 0 Å². The fourth-order valence-corrected chi connectivity index (χ4v) is 5.35. The van der Waals surface area contributed by atoms with E-state index >= 15 is 0 Å². The minimum Gasteiger partial charge on any atom is -0.497 e. The maximum Gasteiger partial charge on any atom is 0.220 e. The highest BCUT2D eigenvalue weighted by molar-refractivity contribution is 7.99. The van der Waals surface area contributed by atoms with Crippen LogP contribution >= 0.6 is 35.0 Å². The zero-order valence-electron chi connectivity index (χ0n) is 20.8. The molecule has 0 aliphatic carbocycles. The molecule has 0 aliphatic heterocycles. The number of ether oxygens (including phenoxy) is 3. The number of hydrogen-bond acceptors (Lipinski definition) is 8. The third-order valence-electron chi connectivity index (χ3n) is 5.65. The summed E-state index contributed by atoms with van der Waals surface area (Å²) in [7, 11) is 3.11. The Kier molecular flexibility index (Phi) is 8.98. The Morgan fingerprint density at radius 2 is 1.76 bits per heavy atom. The third-order valence-corrected chi connectivity index (χ3v) is 7.41. The Morgan fingerprint density at radius 1 is 1.00 bits per heavy atom. The predicted octanol–water partition coefficient (Wildman–Crippen LogP) is 6.59. The minimum absolute atomic E-state index is 0.197. The van der Waals surface area contributed by atoms with E-state index < -0.39 is 5.25 Å². The first-order valence-corrected chi connectivity index (χ1v) is 13.0. The first-order valence-electron chi connectivity index (χ1n) is 11.4. The van der Waals surface area contributed by atoms with E-state index in [9.17, 15) is 10.1 Å². The van der Waals surface area contributed by atoms with E-state index in [-0.39, 0.29) is 18.1 Å². The molecular weight excluding hydrogens is 551 g/mol. The van der Waals surface area contributed by atoms with Crippen LogP contribution in [0.15, 0.2) is 65.8 Å². The van der Waals surface area contributed by atoms with Crippen molar-refractivity contribution >= 4 is 35.0 Å². The molecule has 0 fully saturated rings. The summed E-state index contributed by atoms with van der Waals surface area (Å²) in [5.41, 5.74) is 2.26. The lowest BCUT2D eigenvalue weighted by molar-refractivity contribution is -0.479. The lowest BCUT2D eigenvalue weighted by atomic mass is 10.1. The highest BCUT2D eigenvalue weighted by Crippen LogP contribution is 2.40. The second-order valence-electron chi connectivity index (χ2n) is 8.12. The van der Waals surface area contributed by atoms with Gasteiger partial charge in [0.25, 0.3) is 0 Å². The van der Waals surface area contributed by atoms with Gasteiger partial charge in [0.1, 0.15) is 23.4 Å². The SMILES string of the molecule is COc1ccc(-n2c(C)nnc2S[C@@H](C[N+](=O)[O-])c2ccc(OCc3ccc(Cl)cc3Cl)c(OC)c2)cc1. The Labute approximate surface area is 233 Å². The number of nitro groups is 1. The van der Waals surface area contributed by atoms with E-state index in [4.69, 9.17) is 37.4 Å². The fourth-order valence-electron chi connectivity index (χ4n) is 3.72. The van der Waals surface area contributed by atoms with E-state index in [1.165, 1.54) is 18.9 Å². The third kappa shape index (κ3) is 6.50. The van der Waals surface area contributed by atoms with E-state index in [2.05, 4.69) is 10.2 Å². The molecule has 1 atom stereocenters. The number of nitrogens with zero attached hydrogens (tertiary/aromatic N) is 4. The van der Waals surface area contributed by atoms with Crippen molar-refractivity contribution in [3.05, 3.63) is 97.8 Å². The van der Waals surface area contributed by atoms with Crippen molar-refractivity contribution in [1.82, 2.24) is 14.8 Å². The number of thioether (sulfide) groups is 1. The van der Waals surface area contributed by atoms with Crippen LogP contribution in [0.25, 0.3) is 5.69 Å². The lowest BCUT2D eigenvalue weighted by Gasteiger charge is -2.17. The molecule has 3 aromatic carbocycles. The van der Waals surface area contributed by atoms with Gasteiger partial charge in [-0.05, 0) is 61.0 Å². The second-order valence-corrected chi connectivity index (χ2v) is 10.1. The Bertz CT molecular complexity index is 1430. The molecule has 198 valence electrons. The van der Waals surface area contributed by atoms with Crippen LogP contribution in [-0.2, 0) is 6.61 Å². The van der Waals surface area contributed by atoms with Gasteiger partial charge in [0.05, 0.1) is 14.2 Å². The molecule has 1 aromatic heterocycles. The molecule has 12 heteroatoms. The number of aromatic nitrogens is 3. The summed E-state index contributed by atoms with van der Waals surface area (Å²) in [6, 6.07) is 17.8. The number of rotatable bonds is 11. The minimum atomic E-state index is -0.570. The summed E-state index contributed by atoms with van der Waals surface area (Å²) >= 11 is 13.5. The summed E-state index contributed by atoms with van der Waals surface area (Å²) in [4.78, 5) is 11.2. The van der Waals surface area contributed by atoms with Gasteiger partial charge in [0.2, 0.25) is 6.54 Å². The van der Waals surface area contributed by atoms with Crippen molar-refractivity contribution in [2.75, 3.05) is 20.8 Å². The van der Waals surface area contributed by atoms with E-state index in [0.29, 0.717) is 43.8 Å². The van der Waals surface area contributed by atoms with Crippen molar-refractivity contribution in [2.24, 2.45) is 0 Å². The maximum absolute atomic E-state index is 11.6. The number of methoxy groups -OCH3 is 2. The summed E-state index contributed by atoms with van der Waals surface area (Å²) in [6.07, 6.45) is 0. The molecule has 0 amide bonds. The summed E-state index contributed by atoms with van der Waals surface area (Å²) in [5, 5.41) is 21.1. The van der Waals surface area contributed by atoms with Crippen molar-refractivity contribution < 1.29 is 19.1 Å². The molecule has 0 unspecified atom stereocenters. The molecule has 4 rings (SSSR count). The highest BCUT2D eigenvalue weighted by atomic mass is 35.5. The van der Waals surface area contributed by atoms with Crippen LogP contribution in [0.1, 0.15) is 22.2 Å². The molecular formula is C26H24Cl2N4O5S. The second kappa shape index (κ2) is 12.4. The van der Waals surface area contributed by atoms with Gasteiger partial charge in [-0.25, -0.2) is 0 Å². The van der Waals surface area contributed by atoms with Gasteiger partial charge in [-0.1, -0.05) is 47.1 Å². The van der Waals surface area contributed by atoms with E-state index in [1.54, 1.807) is 43.5 Å². The van der Waals surface area contributed by atoms with Gasteiger partial charge in [-0.3, -0.25) is 14.7 Å². The Balaban J connectivity index is 1.60. The molecule has 0 radical (unpaired) electrons. The molecule has 0 N–H and O–H groups in total. The number of hydrogen-bond donors (Lipinski definition) is 0. The zero-order chi connectivity index (χ0) is 27.2. The van der Waals surface area contributed by atoms with Gasteiger partial charge in [0.15, 0.2) is 16.7 Å². The largest absolute Gasteiger partial charge is 0.497 e. The molecule has 0 spiro atoms. The molecule has 0 bridgehead atoms. The van der Waals surface area contributed by atoms with Gasteiger partial charge in [0, 0.05) is 26.2 Å². The van der Waals surface area contributed by atoms with Crippen LogP contribution in [0.5, 0.6) is 17.2 Å². The van der Waals surface area contributed by atoms with Crippen LogP contribution in [0, 0.1) is 17.0 Å². The van der Waals surface area contributed by atoms with Crippen LogP contribution in [0.2, 0.25) is 10.0 Å². The molecule has 4 aromatic rings. The Hall–Kier alpha value is -3.47. The van der Waals surface area contributed by atoms with E-state index in [1.807, 2.05) is 35.8 Å². The fraction of sp³-hybridized carbons (Fsp3) is 0.231. The van der Waals surface area contributed by atoms with Crippen molar-refractivity contribution in [2.45, 2.75) is 23.9 Å². The summed E-state index contributed by atoms with van der Waals surface area (Å²) < 4.78 is 18.6. The van der Waals surface area contributed by atoms with Crippen molar-refractivity contribution in [3.8, 4) is 22.9 Å². The summed E-state index contributed by atoms with van der Waals surface area (Å²) in [6.45, 7) is 1.69. The molecule has 0 aliphatic rings. The predicted molar refractivity (Wildman–Crippen MR) is 147 cm³/mol. The van der Waals surface area contributed by atoms with Crippen molar-refractivity contribution in [1.29, 1.82) is 0 Å². The average Bonchev–Trinajstić information content (AvgIpc) is 3.27. The zero-order valence-corrected chi connectivity index (χ0v) is 23.1. The average molecular weight is 575 g/mol. The maximum atomic E-state index is 11.6. The molecule has 1 heterocycles. The van der Waals surface area contributed by atoms with Gasteiger partial charge in [-0.15, -0.1) is 10.2 Å². The molecule has 0 saturated heterocycles. The van der Waals surface area contributed by atoms with E-state index in [0.717, 1.165) is 11.3 Å². The molecule has 0 saturated carbocycles. The van der Waals surface area contributed by atoms with Crippen LogP contribution < -0.4 is 14.2 Å².